The number of carbonyl (C=O) groups is 1. The van der Waals surface area contributed by atoms with Gasteiger partial charge in [0.2, 0.25) is 10.0 Å². The number of rotatable bonds is 6. The number of benzene rings is 1. The number of aliphatic carboxylic acids is 1. The molecule has 1 aromatic rings. The smallest absolute Gasteiger partial charge is 0.310 e. The Bertz CT molecular complexity index is 655. The van der Waals surface area contributed by atoms with E-state index in [4.69, 9.17) is 14.6 Å². The maximum absolute atomic E-state index is 12.0. The van der Waals surface area contributed by atoms with E-state index in [1.54, 1.807) is 24.3 Å². The van der Waals surface area contributed by atoms with Gasteiger partial charge in [0.05, 0.1) is 5.41 Å². The third-order valence-electron chi connectivity index (χ3n) is 3.29. The van der Waals surface area contributed by atoms with Gasteiger partial charge >= 0.3 is 5.97 Å². The second kappa shape index (κ2) is 6.13. The molecule has 0 saturated carbocycles. The lowest BCUT2D eigenvalue weighted by atomic mass is 9.95. The molecule has 22 heavy (non-hydrogen) atoms. The van der Waals surface area contributed by atoms with Gasteiger partial charge in [-0.05, 0) is 26.0 Å². The van der Waals surface area contributed by atoms with Gasteiger partial charge in [0.25, 0.3) is 0 Å². The van der Waals surface area contributed by atoms with Crippen molar-refractivity contribution in [3.05, 3.63) is 24.3 Å². The van der Waals surface area contributed by atoms with Crippen LogP contribution < -0.4 is 14.2 Å². The van der Waals surface area contributed by atoms with Crippen molar-refractivity contribution in [3.63, 3.8) is 0 Å². The molecular weight excluding hydrogens is 310 g/mol. The molecule has 2 rings (SSSR count). The van der Waals surface area contributed by atoms with Gasteiger partial charge < -0.3 is 14.6 Å². The molecule has 122 valence electrons. The highest BCUT2D eigenvalue weighted by Gasteiger charge is 2.31. The van der Waals surface area contributed by atoms with E-state index in [1.165, 1.54) is 13.8 Å². The van der Waals surface area contributed by atoms with Crippen molar-refractivity contribution >= 4 is 16.0 Å². The van der Waals surface area contributed by atoms with E-state index >= 15 is 0 Å². The van der Waals surface area contributed by atoms with Gasteiger partial charge in [0, 0.05) is 6.54 Å². The number of hydrogen-bond donors (Lipinski definition) is 2. The van der Waals surface area contributed by atoms with Gasteiger partial charge in [-0.1, -0.05) is 12.1 Å². The molecule has 8 heteroatoms. The highest BCUT2D eigenvalue weighted by Crippen LogP contribution is 2.31. The molecule has 0 amide bonds. The van der Waals surface area contributed by atoms with Crippen molar-refractivity contribution in [2.75, 3.05) is 18.9 Å². The molecule has 1 heterocycles. The molecule has 0 aromatic heterocycles. The van der Waals surface area contributed by atoms with E-state index in [9.17, 15) is 13.2 Å². The number of nitrogens with one attached hydrogen (secondary N) is 1. The Morgan fingerprint density at radius 3 is 2.64 bits per heavy atom. The van der Waals surface area contributed by atoms with Crippen molar-refractivity contribution < 1.29 is 27.8 Å². The largest absolute Gasteiger partial charge is 0.486 e. The van der Waals surface area contributed by atoms with Crippen LogP contribution in [0.1, 0.15) is 13.8 Å². The minimum absolute atomic E-state index is 0.125. The lowest BCUT2D eigenvalue weighted by Gasteiger charge is -2.27. The predicted octanol–water partition coefficient (Wildman–Crippen LogP) is 0.857. The lowest BCUT2D eigenvalue weighted by Crippen LogP contribution is -2.44. The summed E-state index contributed by atoms with van der Waals surface area (Å²) in [5.74, 6) is -0.283. The Morgan fingerprint density at radius 2 is 2.00 bits per heavy atom. The summed E-state index contributed by atoms with van der Waals surface area (Å²) in [6.45, 7) is 2.84. The molecule has 1 aliphatic heterocycles. The summed E-state index contributed by atoms with van der Waals surface area (Å²) >= 11 is 0. The number of ether oxygens (including phenoxy) is 2. The molecule has 0 saturated heterocycles. The summed E-state index contributed by atoms with van der Waals surface area (Å²) in [6.07, 6.45) is -0.639. The molecule has 1 aliphatic rings. The maximum atomic E-state index is 12.0. The van der Waals surface area contributed by atoms with Gasteiger partial charge in [0.15, 0.2) is 11.5 Å². The molecule has 0 spiro atoms. The van der Waals surface area contributed by atoms with Crippen LogP contribution in [0.2, 0.25) is 0 Å². The van der Waals surface area contributed by atoms with Crippen molar-refractivity contribution in [3.8, 4) is 11.5 Å². The molecule has 0 fully saturated rings. The van der Waals surface area contributed by atoms with Crippen LogP contribution in [0.3, 0.4) is 0 Å². The Balaban J connectivity index is 1.95. The molecule has 1 atom stereocenters. The quantitative estimate of drug-likeness (QED) is 0.802. The highest BCUT2D eigenvalue weighted by atomic mass is 32.2. The van der Waals surface area contributed by atoms with Gasteiger partial charge in [-0.2, -0.15) is 0 Å². The van der Waals surface area contributed by atoms with Crippen molar-refractivity contribution in [2.24, 2.45) is 5.41 Å². The normalized spacial score (nSPS) is 18.0. The van der Waals surface area contributed by atoms with E-state index < -0.39 is 27.5 Å². The highest BCUT2D eigenvalue weighted by molar-refractivity contribution is 7.89. The fraction of sp³-hybridized carbons (Fsp3) is 0.500. The first kappa shape index (κ1) is 16.6. The maximum Gasteiger partial charge on any atom is 0.310 e. The average Bonchev–Trinajstić information content (AvgIpc) is 2.45. The fourth-order valence-electron chi connectivity index (χ4n) is 1.81. The van der Waals surface area contributed by atoms with Gasteiger partial charge in [-0.25, -0.2) is 13.1 Å². The van der Waals surface area contributed by atoms with Gasteiger partial charge in [-0.3, -0.25) is 4.79 Å². The van der Waals surface area contributed by atoms with E-state index in [-0.39, 0.29) is 18.9 Å². The molecule has 1 unspecified atom stereocenters. The third kappa shape index (κ3) is 4.11. The molecule has 0 bridgehead atoms. The summed E-state index contributed by atoms with van der Waals surface area (Å²) in [7, 11) is -3.67. The lowest BCUT2D eigenvalue weighted by molar-refractivity contribution is -0.146. The average molecular weight is 329 g/mol. The minimum Gasteiger partial charge on any atom is -0.486 e. The van der Waals surface area contributed by atoms with Gasteiger partial charge in [0.1, 0.15) is 18.5 Å². The zero-order valence-corrected chi connectivity index (χ0v) is 13.2. The second-order valence-electron chi connectivity index (χ2n) is 5.79. The minimum atomic E-state index is -3.67. The predicted molar refractivity (Wildman–Crippen MR) is 79.6 cm³/mol. The molecular formula is C14H19NO6S. The number of hydrogen-bond acceptors (Lipinski definition) is 5. The first-order valence-corrected chi connectivity index (χ1v) is 8.44. The second-order valence-corrected chi connectivity index (χ2v) is 7.64. The van der Waals surface area contributed by atoms with Crippen molar-refractivity contribution in [1.29, 1.82) is 0 Å². The summed E-state index contributed by atoms with van der Waals surface area (Å²) < 4.78 is 37.4. The monoisotopic (exact) mass is 329 g/mol. The SMILES string of the molecule is CC(C)(CNS(=O)(=O)CC1COc2ccccc2O1)C(=O)O. The first-order valence-electron chi connectivity index (χ1n) is 6.79. The van der Waals surface area contributed by atoms with Crippen LogP contribution in [0.15, 0.2) is 24.3 Å². The summed E-state index contributed by atoms with van der Waals surface area (Å²) in [6, 6.07) is 7.02. The van der Waals surface area contributed by atoms with Crippen LogP contribution in [0.25, 0.3) is 0 Å². The summed E-state index contributed by atoms with van der Waals surface area (Å²) in [5, 5.41) is 8.99. The summed E-state index contributed by atoms with van der Waals surface area (Å²) in [4.78, 5) is 11.0. The van der Waals surface area contributed by atoms with Crippen LogP contribution in [0, 0.1) is 5.41 Å². The van der Waals surface area contributed by atoms with Crippen molar-refractivity contribution in [1.82, 2.24) is 4.72 Å². The van der Waals surface area contributed by atoms with E-state index in [1.807, 2.05) is 0 Å². The standard InChI is InChI=1S/C14H19NO6S/c1-14(2,13(16)17)9-15-22(18,19)8-10-7-20-11-5-3-4-6-12(11)21-10/h3-6,10,15H,7-9H2,1-2H3,(H,16,17). The number of sulfonamides is 1. The van der Waals surface area contributed by atoms with Crippen LogP contribution in [-0.2, 0) is 14.8 Å². The Morgan fingerprint density at radius 1 is 1.36 bits per heavy atom. The molecule has 1 aromatic carbocycles. The van der Waals surface area contributed by atoms with Crippen molar-refractivity contribution in [2.45, 2.75) is 20.0 Å². The van der Waals surface area contributed by atoms with Crippen LogP contribution >= 0.6 is 0 Å². The molecule has 7 nitrogen and oxygen atoms in total. The molecule has 0 aliphatic carbocycles. The molecule has 2 N–H and O–H groups in total. The Kier molecular flexibility index (Phi) is 4.62. The first-order chi connectivity index (χ1) is 10.2. The van der Waals surface area contributed by atoms with E-state index in [2.05, 4.69) is 4.72 Å². The molecule has 0 radical (unpaired) electrons. The van der Waals surface area contributed by atoms with E-state index in [0.29, 0.717) is 11.5 Å². The zero-order valence-electron chi connectivity index (χ0n) is 12.4. The summed E-state index contributed by atoms with van der Waals surface area (Å²) in [5.41, 5.74) is -1.18. The number of carboxylic acid groups (broad SMARTS) is 1. The van der Waals surface area contributed by atoms with Crippen LogP contribution in [0.4, 0.5) is 0 Å². The topological polar surface area (TPSA) is 102 Å². The van der Waals surface area contributed by atoms with Crippen LogP contribution in [0.5, 0.6) is 11.5 Å². The number of carboxylic acids is 1. The number of fused-ring (bicyclic) bond motifs is 1. The fourth-order valence-corrected chi connectivity index (χ4v) is 3.17. The third-order valence-corrected chi connectivity index (χ3v) is 4.68. The van der Waals surface area contributed by atoms with E-state index in [0.717, 1.165) is 0 Å². The van der Waals surface area contributed by atoms with Gasteiger partial charge in [-0.15, -0.1) is 0 Å². The van der Waals surface area contributed by atoms with Crippen LogP contribution in [-0.4, -0.2) is 44.5 Å². The zero-order chi connectivity index (χ0) is 16.4. The Labute approximate surface area is 129 Å². The number of para-hydroxylation sites is 2. The Hall–Kier alpha value is -1.80.